The molecule has 0 fully saturated rings. The van der Waals surface area contributed by atoms with Gasteiger partial charge in [-0.05, 0) is 67.7 Å². The van der Waals surface area contributed by atoms with Crippen LogP contribution < -0.4 is 14.2 Å². The van der Waals surface area contributed by atoms with Gasteiger partial charge in [0.15, 0.2) is 5.78 Å². The van der Waals surface area contributed by atoms with E-state index in [2.05, 4.69) is 27.7 Å². The van der Waals surface area contributed by atoms with Crippen LogP contribution in [0.15, 0.2) is 42.5 Å². The standard InChI is InChI=1S/C27H36O4/c1-5-9-25-22(19-24(30-17-7-3)20-27(25)31-18-8-4)12-15-26(28)21-10-13-23(14-11-21)29-16-6-2/h10-15,19-20H,5-9,16-18H2,1-4H3/b15-12+. The van der Waals surface area contributed by atoms with E-state index < -0.39 is 0 Å². The van der Waals surface area contributed by atoms with Crippen LogP contribution in [0.25, 0.3) is 6.08 Å². The summed E-state index contributed by atoms with van der Waals surface area (Å²) in [6.45, 7) is 10.4. The highest BCUT2D eigenvalue weighted by molar-refractivity contribution is 6.07. The molecule has 0 N–H and O–H groups in total. The van der Waals surface area contributed by atoms with Gasteiger partial charge >= 0.3 is 0 Å². The maximum atomic E-state index is 12.7. The Labute approximate surface area is 187 Å². The molecule has 0 aliphatic heterocycles. The Hall–Kier alpha value is -2.75. The second-order valence-electron chi connectivity index (χ2n) is 7.51. The maximum Gasteiger partial charge on any atom is 0.185 e. The quantitative estimate of drug-likeness (QED) is 0.244. The van der Waals surface area contributed by atoms with Crippen LogP contribution in [0, 0.1) is 0 Å². The predicted octanol–water partition coefficient (Wildman–Crippen LogP) is 6.90. The highest BCUT2D eigenvalue weighted by atomic mass is 16.5. The van der Waals surface area contributed by atoms with Gasteiger partial charge in [-0.3, -0.25) is 4.79 Å². The van der Waals surface area contributed by atoms with Gasteiger partial charge in [0.05, 0.1) is 19.8 Å². The van der Waals surface area contributed by atoms with Crippen molar-refractivity contribution in [3.05, 3.63) is 59.2 Å². The van der Waals surface area contributed by atoms with E-state index in [4.69, 9.17) is 14.2 Å². The summed E-state index contributed by atoms with van der Waals surface area (Å²) in [4.78, 5) is 12.7. The first-order valence-electron chi connectivity index (χ1n) is 11.5. The molecule has 0 amide bonds. The normalized spacial score (nSPS) is 11.0. The molecular weight excluding hydrogens is 388 g/mol. The Morgan fingerprint density at radius 1 is 0.774 bits per heavy atom. The molecule has 0 aliphatic carbocycles. The molecule has 2 aromatic carbocycles. The fourth-order valence-corrected chi connectivity index (χ4v) is 3.15. The summed E-state index contributed by atoms with van der Waals surface area (Å²) in [5, 5.41) is 0. The minimum Gasteiger partial charge on any atom is -0.494 e. The van der Waals surface area contributed by atoms with E-state index in [-0.39, 0.29) is 5.78 Å². The smallest absolute Gasteiger partial charge is 0.185 e. The molecule has 0 atom stereocenters. The van der Waals surface area contributed by atoms with E-state index >= 15 is 0 Å². The largest absolute Gasteiger partial charge is 0.494 e. The number of hydrogen-bond acceptors (Lipinski definition) is 4. The molecule has 4 heteroatoms. The Kier molecular flexibility index (Phi) is 10.7. The van der Waals surface area contributed by atoms with Crippen molar-refractivity contribution >= 4 is 11.9 Å². The van der Waals surface area contributed by atoms with Gasteiger partial charge in [-0.25, -0.2) is 0 Å². The summed E-state index contributed by atoms with van der Waals surface area (Å²) in [6, 6.07) is 11.3. The zero-order valence-corrected chi connectivity index (χ0v) is 19.4. The van der Waals surface area contributed by atoms with Gasteiger partial charge in [0.1, 0.15) is 17.2 Å². The first-order chi connectivity index (χ1) is 15.1. The topological polar surface area (TPSA) is 44.8 Å². The summed E-state index contributed by atoms with van der Waals surface area (Å²) in [5.74, 6) is 2.37. The van der Waals surface area contributed by atoms with E-state index in [1.54, 1.807) is 18.2 Å². The third-order valence-corrected chi connectivity index (χ3v) is 4.68. The number of benzene rings is 2. The van der Waals surface area contributed by atoms with Crippen LogP contribution in [-0.4, -0.2) is 25.6 Å². The SMILES string of the molecule is CCCOc1ccc(C(=O)/C=C/c2cc(OCCC)cc(OCCC)c2CCC)cc1. The van der Waals surface area contributed by atoms with Gasteiger partial charge in [-0.1, -0.05) is 40.2 Å². The Morgan fingerprint density at radius 2 is 1.39 bits per heavy atom. The van der Waals surface area contributed by atoms with Crippen molar-refractivity contribution in [2.45, 2.75) is 59.8 Å². The minimum atomic E-state index is -0.0413. The highest BCUT2D eigenvalue weighted by Gasteiger charge is 2.12. The highest BCUT2D eigenvalue weighted by Crippen LogP contribution is 2.32. The maximum absolute atomic E-state index is 12.7. The van der Waals surface area contributed by atoms with Gasteiger partial charge in [0.25, 0.3) is 0 Å². The van der Waals surface area contributed by atoms with Crippen LogP contribution in [0.2, 0.25) is 0 Å². The molecule has 4 nitrogen and oxygen atoms in total. The predicted molar refractivity (Wildman–Crippen MR) is 128 cm³/mol. The molecule has 2 aromatic rings. The van der Waals surface area contributed by atoms with Gasteiger partial charge in [0.2, 0.25) is 0 Å². The molecule has 2 rings (SSSR count). The van der Waals surface area contributed by atoms with Crippen LogP contribution in [0.5, 0.6) is 17.2 Å². The molecule has 31 heavy (non-hydrogen) atoms. The van der Waals surface area contributed by atoms with Crippen molar-refractivity contribution in [3.8, 4) is 17.2 Å². The molecule has 168 valence electrons. The Bertz CT molecular complexity index is 837. The minimum absolute atomic E-state index is 0.0413. The lowest BCUT2D eigenvalue weighted by Gasteiger charge is -2.16. The lowest BCUT2D eigenvalue weighted by molar-refractivity contribution is 0.104. The second kappa shape index (κ2) is 13.5. The van der Waals surface area contributed by atoms with Crippen molar-refractivity contribution in [2.75, 3.05) is 19.8 Å². The number of allylic oxidation sites excluding steroid dienone is 1. The average Bonchev–Trinajstić information content (AvgIpc) is 2.80. The van der Waals surface area contributed by atoms with Crippen molar-refractivity contribution in [1.29, 1.82) is 0 Å². The summed E-state index contributed by atoms with van der Waals surface area (Å²) >= 11 is 0. The number of ketones is 1. The lowest BCUT2D eigenvalue weighted by Crippen LogP contribution is -2.03. The fraction of sp³-hybridized carbons (Fsp3) is 0.444. The van der Waals surface area contributed by atoms with Crippen LogP contribution in [0.3, 0.4) is 0 Å². The van der Waals surface area contributed by atoms with E-state index in [9.17, 15) is 4.79 Å². The zero-order valence-electron chi connectivity index (χ0n) is 19.4. The van der Waals surface area contributed by atoms with Crippen molar-refractivity contribution in [2.24, 2.45) is 0 Å². The molecule has 0 aromatic heterocycles. The molecule has 0 heterocycles. The van der Waals surface area contributed by atoms with E-state index in [0.717, 1.165) is 60.5 Å². The second-order valence-corrected chi connectivity index (χ2v) is 7.51. The van der Waals surface area contributed by atoms with Crippen LogP contribution in [0.4, 0.5) is 0 Å². The monoisotopic (exact) mass is 424 g/mol. The van der Waals surface area contributed by atoms with E-state index in [0.29, 0.717) is 25.4 Å². The fourth-order valence-electron chi connectivity index (χ4n) is 3.15. The third-order valence-electron chi connectivity index (χ3n) is 4.68. The Balaban J connectivity index is 2.28. The zero-order chi connectivity index (χ0) is 22.5. The first-order valence-corrected chi connectivity index (χ1v) is 11.5. The molecule has 0 aliphatic rings. The molecule has 0 radical (unpaired) electrons. The molecule has 0 spiro atoms. The number of carbonyl (C=O) groups excluding carboxylic acids is 1. The first kappa shape index (κ1) is 24.5. The van der Waals surface area contributed by atoms with Gasteiger partial charge < -0.3 is 14.2 Å². The lowest BCUT2D eigenvalue weighted by atomic mass is 10.00. The number of hydrogen-bond donors (Lipinski definition) is 0. The van der Waals surface area contributed by atoms with Crippen LogP contribution in [-0.2, 0) is 6.42 Å². The van der Waals surface area contributed by atoms with Crippen LogP contribution >= 0.6 is 0 Å². The van der Waals surface area contributed by atoms with E-state index in [1.165, 1.54) is 0 Å². The number of rotatable bonds is 14. The van der Waals surface area contributed by atoms with Crippen molar-refractivity contribution < 1.29 is 19.0 Å². The molecule has 0 unspecified atom stereocenters. The summed E-state index contributed by atoms with van der Waals surface area (Å²) < 4.78 is 17.5. The molecule has 0 saturated carbocycles. The molecular formula is C27H36O4. The van der Waals surface area contributed by atoms with E-state index in [1.807, 2.05) is 30.3 Å². The van der Waals surface area contributed by atoms with Gasteiger partial charge in [0, 0.05) is 17.2 Å². The van der Waals surface area contributed by atoms with Gasteiger partial charge in [-0.2, -0.15) is 0 Å². The average molecular weight is 425 g/mol. The molecule has 0 saturated heterocycles. The summed E-state index contributed by atoms with van der Waals surface area (Å²) in [6.07, 6.45) is 8.21. The Morgan fingerprint density at radius 3 is 2.00 bits per heavy atom. The van der Waals surface area contributed by atoms with Crippen LogP contribution in [0.1, 0.15) is 74.9 Å². The molecule has 0 bridgehead atoms. The van der Waals surface area contributed by atoms with Gasteiger partial charge in [-0.15, -0.1) is 0 Å². The van der Waals surface area contributed by atoms with Crippen molar-refractivity contribution in [1.82, 2.24) is 0 Å². The summed E-state index contributed by atoms with van der Waals surface area (Å²) in [7, 11) is 0. The summed E-state index contributed by atoms with van der Waals surface area (Å²) in [5.41, 5.74) is 2.72. The number of carbonyl (C=O) groups is 1. The third kappa shape index (κ3) is 7.78. The van der Waals surface area contributed by atoms with Crippen molar-refractivity contribution in [3.63, 3.8) is 0 Å². The number of ether oxygens (including phenoxy) is 3.